The van der Waals surface area contributed by atoms with E-state index in [4.69, 9.17) is 0 Å². The van der Waals surface area contributed by atoms with E-state index in [1.807, 2.05) is 0 Å². The van der Waals surface area contributed by atoms with Crippen molar-refractivity contribution in [1.29, 1.82) is 0 Å². The van der Waals surface area contributed by atoms with E-state index in [9.17, 15) is 9.59 Å². The van der Waals surface area contributed by atoms with Crippen molar-refractivity contribution < 1.29 is 11.0 Å². The molecule has 5 atom stereocenters. The lowest BCUT2D eigenvalue weighted by molar-refractivity contribution is -0.132. The molecule has 0 aromatic heterocycles. The Bertz CT molecular complexity index is 893. The number of hydrogen-bond acceptors (Lipinski definition) is 4. The van der Waals surface area contributed by atoms with Crippen molar-refractivity contribution in [2.75, 3.05) is 39.3 Å². The summed E-state index contributed by atoms with van der Waals surface area (Å²) in [5, 5.41) is 3.47. The average molecular weight is 467 g/mol. The Balaban J connectivity index is 0.000000156. The first kappa shape index (κ1) is 22.5. The van der Waals surface area contributed by atoms with Crippen LogP contribution in [0.4, 0.5) is 0 Å². The van der Waals surface area contributed by atoms with Gasteiger partial charge in [0.2, 0.25) is 11.8 Å². The molecule has 0 spiro atoms. The normalized spacial score (nSPS) is 33.3. The molecule has 2 amide bonds. The third-order valence-corrected chi connectivity index (χ3v) is 9.21. The second-order valence-corrected chi connectivity index (χ2v) is 11.6. The Labute approximate surface area is 205 Å². The van der Waals surface area contributed by atoms with Crippen molar-refractivity contribution in [3.63, 3.8) is 0 Å². The van der Waals surface area contributed by atoms with Crippen LogP contribution in [0.15, 0.2) is 30.3 Å². The minimum absolute atomic E-state index is 0. The summed E-state index contributed by atoms with van der Waals surface area (Å²) in [6.45, 7) is 8.59. The molecule has 34 heavy (non-hydrogen) atoms. The molecule has 4 saturated heterocycles. The van der Waals surface area contributed by atoms with E-state index in [0.29, 0.717) is 47.7 Å². The minimum atomic E-state index is 0. The third-order valence-electron chi connectivity index (χ3n) is 9.21. The summed E-state index contributed by atoms with van der Waals surface area (Å²) < 4.78 is 0. The van der Waals surface area contributed by atoms with Gasteiger partial charge >= 0.3 is 0 Å². The maximum atomic E-state index is 12.3. The van der Waals surface area contributed by atoms with Gasteiger partial charge in [-0.2, -0.15) is 0 Å². The molecule has 1 aromatic rings. The van der Waals surface area contributed by atoms with Crippen LogP contribution < -0.4 is 5.32 Å². The summed E-state index contributed by atoms with van der Waals surface area (Å²) in [4.78, 5) is 30.9. The number of carbonyl (C=O) groups is 2. The quantitative estimate of drug-likeness (QED) is 0.741. The maximum absolute atomic E-state index is 12.3. The van der Waals surface area contributed by atoms with Gasteiger partial charge < -0.3 is 15.1 Å². The summed E-state index contributed by atoms with van der Waals surface area (Å²) in [6.07, 6.45) is 7.02. The summed E-state index contributed by atoms with van der Waals surface area (Å²) >= 11 is 0. The molecule has 1 N–H and O–H groups in total. The first-order valence-electron chi connectivity index (χ1n) is 13.7. The minimum Gasteiger partial charge on any atom is -0.341 e. The fourth-order valence-electron chi connectivity index (χ4n) is 6.78. The highest BCUT2D eigenvalue weighted by Crippen LogP contribution is 2.40. The van der Waals surface area contributed by atoms with Crippen LogP contribution in [0.5, 0.6) is 0 Å². The maximum Gasteiger partial charge on any atom is 0.225 e. The van der Waals surface area contributed by atoms with Gasteiger partial charge in [0.25, 0.3) is 0 Å². The van der Waals surface area contributed by atoms with E-state index in [1.54, 1.807) is 0 Å². The van der Waals surface area contributed by atoms with Gasteiger partial charge in [0.05, 0.1) is 0 Å². The fourth-order valence-corrected chi connectivity index (χ4v) is 6.78. The van der Waals surface area contributed by atoms with Crippen LogP contribution in [0.3, 0.4) is 0 Å². The van der Waals surface area contributed by atoms with E-state index in [0.717, 1.165) is 64.3 Å². The van der Waals surface area contributed by atoms with Crippen LogP contribution in [-0.2, 0) is 9.59 Å². The van der Waals surface area contributed by atoms with Crippen molar-refractivity contribution in [2.24, 2.45) is 23.7 Å². The topological polar surface area (TPSA) is 55.9 Å². The summed E-state index contributed by atoms with van der Waals surface area (Å²) in [5.74, 6) is 3.07. The lowest BCUT2D eigenvalue weighted by Crippen LogP contribution is -2.38. The van der Waals surface area contributed by atoms with Crippen LogP contribution in [-0.4, -0.2) is 77.9 Å². The van der Waals surface area contributed by atoms with Crippen molar-refractivity contribution in [1.82, 2.24) is 20.0 Å². The van der Waals surface area contributed by atoms with Gasteiger partial charge in [-0.3, -0.25) is 14.5 Å². The van der Waals surface area contributed by atoms with Crippen LogP contribution in [0.25, 0.3) is 0 Å². The van der Waals surface area contributed by atoms with Gasteiger partial charge in [0, 0.05) is 57.6 Å². The van der Waals surface area contributed by atoms with Crippen LogP contribution in [0.2, 0.25) is 0 Å². The number of fused-ring (bicyclic) bond motifs is 2. The molecule has 6 nitrogen and oxygen atoms in total. The molecule has 0 radical (unpaired) electrons. The Kier molecular flexibility index (Phi) is 6.14. The number of nitrogens with one attached hydrogen (secondary N) is 1. The Morgan fingerprint density at radius 2 is 1.50 bits per heavy atom. The highest BCUT2D eigenvalue weighted by molar-refractivity contribution is 5.82. The predicted molar refractivity (Wildman–Crippen MR) is 134 cm³/mol. The van der Waals surface area contributed by atoms with Crippen LogP contribution in [0, 0.1) is 23.7 Å². The van der Waals surface area contributed by atoms with Gasteiger partial charge in [-0.15, -0.1) is 0 Å². The summed E-state index contributed by atoms with van der Waals surface area (Å²) in [5.41, 5.74) is 1.39. The predicted octanol–water partition coefficient (Wildman–Crippen LogP) is 3.15. The molecule has 6 fully saturated rings. The number of hydrogen-bond donors (Lipinski definition) is 1. The van der Waals surface area contributed by atoms with Crippen molar-refractivity contribution in [3.8, 4) is 0 Å². The monoisotopic (exact) mass is 466 g/mol. The Morgan fingerprint density at radius 1 is 0.853 bits per heavy atom. The molecule has 4 aliphatic heterocycles. The van der Waals surface area contributed by atoms with Gasteiger partial charge in [0.1, 0.15) is 0 Å². The number of benzene rings is 1. The number of carbonyl (C=O) groups excluding carboxylic acids is 2. The molecule has 4 heterocycles. The zero-order chi connectivity index (χ0) is 23.2. The molecular weight excluding hydrogens is 424 g/mol. The van der Waals surface area contributed by atoms with E-state index < -0.39 is 0 Å². The smallest absolute Gasteiger partial charge is 0.225 e. The number of likely N-dealkylation sites (tertiary alicyclic amines) is 3. The fraction of sp³-hybridized carbons (Fsp3) is 0.714. The van der Waals surface area contributed by atoms with E-state index in [2.05, 4.69) is 57.3 Å². The average Bonchev–Trinajstić information content (AvgIpc) is 3.71. The third kappa shape index (κ3) is 4.51. The zero-order valence-corrected chi connectivity index (χ0v) is 20.6. The molecule has 6 heteroatoms. The molecule has 6 aliphatic rings. The molecule has 0 bridgehead atoms. The first-order valence-corrected chi connectivity index (χ1v) is 13.7. The van der Waals surface area contributed by atoms with Crippen LogP contribution >= 0.6 is 0 Å². The van der Waals surface area contributed by atoms with Crippen molar-refractivity contribution in [3.05, 3.63) is 35.9 Å². The van der Waals surface area contributed by atoms with Crippen LogP contribution in [0.1, 0.15) is 58.5 Å². The summed E-state index contributed by atoms with van der Waals surface area (Å²) in [7, 11) is 0. The highest BCUT2D eigenvalue weighted by Gasteiger charge is 2.46. The van der Waals surface area contributed by atoms with Gasteiger partial charge in [-0.05, 0) is 75.9 Å². The SMILES string of the molecule is C[C@H](c1ccccc1)N1CC[C@@H]2CN(C(=O)C3CC3)C[C@@H]21.O=C(C1CC1)N1C[C@H]2CCN[C@H]2C1.[HH]. The Hall–Kier alpha value is -1.92. The number of amides is 2. The van der Waals surface area contributed by atoms with Gasteiger partial charge in [0.15, 0.2) is 0 Å². The van der Waals surface area contributed by atoms with E-state index in [-0.39, 0.29) is 1.43 Å². The number of rotatable bonds is 4. The second kappa shape index (κ2) is 9.27. The molecule has 2 saturated carbocycles. The zero-order valence-electron chi connectivity index (χ0n) is 20.6. The molecule has 7 rings (SSSR count). The highest BCUT2D eigenvalue weighted by atomic mass is 16.2. The molecule has 186 valence electrons. The first-order chi connectivity index (χ1) is 16.6. The molecule has 1 aromatic carbocycles. The van der Waals surface area contributed by atoms with E-state index in [1.165, 1.54) is 24.9 Å². The number of nitrogens with zero attached hydrogens (tertiary/aromatic N) is 3. The van der Waals surface area contributed by atoms with E-state index >= 15 is 0 Å². The standard InChI is InChI=1S/C18H24N2O.C10H16N2O.H2/c1-13(14-5-3-2-4-6-14)20-10-9-16-11-19(12-17(16)20)18(21)15-7-8-15;13-10(7-1-2-7)12-5-8-3-4-11-9(8)6-12;/h2-6,13,15-17H,7-12H2,1H3;7-9,11H,1-6H2;1H/t13-,16-,17+;8-,9+;/m11./s1. The largest absolute Gasteiger partial charge is 0.341 e. The molecule has 0 unspecified atom stereocenters. The lowest BCUT2D eigenvalue weighted by atomic mass is 10.0. The second-order valence-electron chi connectivity index (χ2n) is 11.6. The van der Waals surface area contributed by atoms with Crippen molar-refractivity contribution in [2.45, 2.75) is 63.6 Å². The molecule has 2 aliphatic carbocycles. The Morgan fingerprint density at radius 3 is 2.15 bits per heavy atom. The van der Waals surface area contributed by atoms with Gasteiger partial charge in [-0.1, -0.05) is 30.3 Å². The van der Waals surface area contributed by atoms with Crippen molar-refractivity contribution >= 4 is 11.8 Å². The van der Waals surface area contributed by atoms with Gasteiger partial charge in [-0.25, -0.2) is 0 Å². The summed E-state index contributed by atoms with van der Waals surface area (Å²) in [6, 6.07) is 12.4. The molecular formula is C28H42N4O2. The lowest BCUT2D eigenvalue weighted by Gasteiger charge is -2.31.